The number of rotatable bonds is 5. The van der Waals surface area contributed by atoms with Crippen LogP contribution in [0.15, 0.2) is 42.6 Å². The van der Waals surface area contributed by atoms with Crippen LogP contribution in [-0.4, -0.2) is 31.6 Å². The molecule has 0 bridgehead atoms. The molecule has 1 N–H and O–H groups in total. The van der Waals surface area contributed by atoms with Crippen molar-refractivity contribution in [1.29, 1.82) is 0 Å². The predicted octanol–water partition coefficient (Wildman–Crippen LogP) is 1.83. The van der Waals surface area contributed by atoms with Crippen LogP contribution in [0.3, 0.4) is 0 Å². The van der Waals surface area contributed by atoms with E-state index in [4.69, 9.17) is 9.29 Å². The second kappa shape index (κ2) is 7.33. The lowest BCUT2D eigenvalue weighted by atomic mass is 9.82. The van der Waals surface area contributed by atoms with E-state index in [1.54, 1.807) is 13.0 Å². The zero-order chi connectivity index (χ0) is 16.1. The number of esters is 1. The highest BCUT2D eigenvalue weighted by Gasteiger charge is 2.38. The van der Waals surface area contributed by atoms with Gasteiger partial charge in [-0.1, -0.05) is 36.4 Å². The summed E-state index contributed by atoms with van der Waals surface area (Å²) >= 11 is -2.45. The van der Waals surface area contributed by atoms with E-state index in [1.165, 1.54) is 6.20 Å². The third kappa shape index (κ3) is 3.61. The Morgan fingerprint density at radius 2 is 2.05 bits per heavy atom. The Kier molecular flexibility index (Phi) is 5.46. The van der Waals surface area contributed by atoms with Crippen LogP contribution in [0, 0.1) is 5.92 Å². The molecule has 0 aromatic heterocycles. The van der Waals surface area contributed by atoms with E-state index in [9.17, 15) is 13.8 Å². The number of carbonyl (C=O) groups excluding carboxylic acids is 2. The fourth-order valence-electron chi connectivity index (χ4n) is 2.46. The van der Waals surface area contributed by atoms with Crippen molar-refractivity contribution in [2.45, 2.75) is 19.3 Å². The minimum atomic E-state index is -2.45. The second-order valence-corrected chi connectivity index (χ2v) is 5.64. The summed E-state index contributed by atoms with van der Waals surface area (Å²) in [6.45, 7) is 1.91. The summed E-state index contributed by atoms with van der Waals surface area (Å²) in [6, 6.07) is 9.24. The van der Waals surface area contributed by atoms with Crippen molar-refractivity contribution in [3.63, 3.8) is 0 Å². The average molecular weight is 323 g/mol. The van der Waals surface area contributed by atoms with Crippen LogP contribution in [0.4, 0.5) is 0 Å². The highest BCUT2D eigenvalue weighted by molar-refractivity contribution is 7.77. The molecule has 0 aliphatic carbocycles. The molecule has 1 aromatic rings. The van der Waals surface area contributed by atoms with Crippen molar-refractivity contribution in [3.05, 3.63) is 48.2 Å². The standard InChI is InChI=1S/C15H17NO5S/c1-2-21-14(17)10-13-12(11-6-4-3-5-7-11)8-9-16(15(13)18)22(19)20/h3-9,12-13H,2,10H2,1H3,(H,19,20)/t12-,13+/m0/s1. The largest absolute Gasteiger partial charge is 0.466 e. The quantitative estimate of drug-likeness (QED) is 0.660. The van der Waals surface area contributed by atoms with E-state index in [0.29, 0.717) is 0 Å². The number of allylic oxidation sites excluding steroid dienone is 1. The Morgan fingerprint density at radius 1 is 1.36 bits per heavy atom. The molecule has 0 fully saturated rings. The molecule has 22 heavy (non-hydrogen) atoms. The molecule has 1 amide bonds. The Balaban J connectivity index is 2.32. The molecule has 0 saturated carbocycles. The molecular formula is C15H17NO5S. The lowest BCUT2D eigenvalue weighted by Gasteiger charge is -2.30. The molecule has 0 saturated heterocycles. The second-order valence-electron chi connectivity index (χ2n) is 4.79. The van der Waals surface area contributed by atoms with Gasteiger partial charge >= 0.3 is 5.97 Å². The number of hydrogen-bond donors (Lipinski definition) is 1. The molecule has 3 atom stereocenters. The van der Waals surface area contributed by atoms with Crippen molar-refractivity contribution in [2.75, 3.05) is 6.61 Å². The number of benzene rings is 1. The van der Waals surface area contributed by atoms with Gasteiger partial charge in [-0.15, -0.1) is 0 Å². The topological polar surface area (TPSA) is 83.9 Å². The van der Waals surface area contributed by atoms with E-state index >= 15 is 0 Å². The van der Waals surface area contributed by atoms with Gasteiger partial charge in [-0.25, -0.2) is 8.51 Å². The van der Waals surface area contributed by atoms with Crippen molar-refractivity contribution in [1.82, 2.24) is 4.31 Å². The van der Waals surface area contributed by atoms with Crippen LogP contribution >= 0.6 is 0 Å². The zero-order valence-electron chi connectivity index (χ0n) is 12.0. The fraction of sp³-hybridized carbons (Fsp3) is 0.333. The molecule has 1 aliphatic heterocycles. The first kappa shape index (κ1) is 16.4. The van der Waals surface area contributed by atoms with E-state index in [-0.39, 0.29) is 18.9 Å². The van der Waals surface area contributed by atoms with E-state index < -0.39 is 29.1 Å². The Labute approximate surface area is 131 Å². The van der Waals surface area contributed by atoms with Crippen molar-refractivity contribution in [3.8, 4) is 0 Å². The van der Waals surface area contributed by atoms with Crippen LogP contribution in [0.1, 0.15) is 24.8 Å². The van der Waals surface area contributed by atoms with Crippen molar-refractivity contribution >= 4 is 23.1 Å². The SMILES string of the molecule is CCOC(=O)C[C@H]1C(=O)N(S(=O)O)C=C[C@H]1c1ccccc1. The monoisotopic (exact) mass is 323 g/mol. The number of hydrogen-bond acceptors (Lipinski definition) is 4. The summed E-state index contributed by atoms with van der Waals surface area (Å²) < 4.78 is 26.0. The summed E-state index contributed by atoms with van der Waals surface area (Å²) in [4.78, 5) is 24.2. The maximum Gasteiger partial charge on any atom is 0.306 e. The molecular weight excluding hydrogens is 306 g/mol. The molecule has 2 rings (SSSR count). The summed E-state index contributed by atoms with van der Waals surface area (Å²) in [5, 5.41) is 0. The molecule has 1 heterocycles. The molecule has 6 nitrogen and oxygen atoms in total. The minimum Gasteiger partial charge on any atom is -0.466 e. The van der Waals surface area contributed by atoms with Crippen molar-refractivity contribution < 1.29 is 23.1 Å². The number of amides is 1. The smallest absolute Gasteiger partial charge is 0.306 e. The first-order chi connectivity index (χ1) is 10.5. The van der Waals surface area contributed by atoms with Crippen LogP contribution in [0.5, 0.6) is 0 Å². The highest BCUT2D eigenvalue weighted by atomic mass is 32.2. The fourth-order valence-corrected chi connectivity index (χ4v) is 2.92. The van der Waals surface area contributed by atoms with Crippen LogP contribution in [0.25, 0.3) is 0 Å². The van der Waals surface area contributed by atoms with E-state index in [2.05, 4.69) is 0 Å². The normalized spacial score (nSPS) is 22.5. The summed E-state index contributed by atoms with van der Waals surface area (Å²) in [5.41, 5.74) is 0.866. The average Bonchev–Trinajstić information content (AvgIpc) is 2.50. The van der Waals surface area contributed by atoms with Gasteiger partial charge in [0.05, 0.1) is 18.9 Å². The molecule has 0 radical (unpaired) electrons. The third-order valence-corrected chi connectivity index (χ3v) is 4.08. The van der Waals surface area contributed by atoms with Gasteiger partial charge in [-0.2, -0.15) is 0 Å². The molecule has 1 aliphatic rings. The lowest BCUT2D eigenvalue weighted by Crippen LogP contribution is -2.40. The highest BCUT2D eigenvalue weighted by Crippen LogP contribution is 2.34. The maximum absolute atomic E-state index is 12.4. The van der Waals surface area contributed by atoms with Gasteiger partial charge in [0.2, 0.25) is 5.91 Å². The van der Waals surface area contributed by atoms with Gasteiger partial charge in [-0.3, -0.25) is 14.1 Å². The maximum atomic E-state index is 12.4. The molecule has 118 valence electrons. The van der Waals surface area contributed by atoms with Gasteiger partial charge in [0.25, 0.3) is 11.3 Å². The van der Waals surface area contributed by atoms with Gasteiger partial charge in [0, 0.05) is 12.1 Å². The Morgan fingerprint density at radius 3 is 2.64 bits per heavy atom. The van der Waals surface area contributed by atoms with Crippen LogP contribution in [0.2, 0.25) is 0 Å². The Bertz CT molecular complexity index is 601. The number of nitrogens with zero attached hydrogens (tertiary/aromatic N) is 1. The zero-order valence-corrected chi connectivity index (χ0v) is 12.9. The predicted molar refractivity (Wildman–Crippen MR) is 80.7 cm³/mol. The number of ether oxygens (including phenoxy) is 1. The first-order valence-electron chi connectivity index (χ1n) is 6.87. The minimum absolute atomic E-state index is 0.135. The van der Waals surface area contributed by atoms with Gasteiger partial charge in [0.15, 0.2) is 0 Å². The van der Waals surface area contributed by atoms with Gasteiger partial charge in [-0.05, 0) is 12.5 Å². The summed E-state index contributed by atoms with van der Waals surface area (Å²) in [7, 11) is 0. The van der Waals surface area contributed by atoms with Crippen molar-refractivity contribution in [2.24, 2.45) is 5.92 Å². The lowest BCUT2D eigenvalue weighted by molar-refractivity contribution is -0.147. The summed E-state index contributed by atoms with van der Waals surface area (Å²) in [5.74, 6) is -2.16. The van der Waals surface area contributed by atoms with E-state index in [1.807, 2.05) is 30.3 Å². The number of carbonyl (C=O) groups is 2. The molecule has 0 spiro atoms. The van der Waals surface area contributed by atoms with Gasteiger partial charge < -0.3 is 4.74 Å². The van der Waals surface area contributed by atoms with Gasteiger partial charge in [0.1, 0.15) is 0 Å². The van der Waals surface area contributed by atoms with Crippen LogP contribution in [-0.2, 0) is 25.6 Å². The molecule has 1 unspecified atom stereocenters. The van der Waals surface area contributed by atoms with Crippen LogP contribution < -0.4 is 0 Å². The molecule has 7 heteroatoms. The van der Waals surface area contributed by atoms with E-state index in [0.717, 1.165) is 9.87 Å². The molecule has 1 aromatic carbocycles. The third-order valence-electron chi connectivity index (χ3n) is 3.44. The summed E-state index contributed by atoms with van der Waals surface area (Å²) in [6.07, 6.45) is 2.82. The Hall–Kier alpha value is -1.99. The first-order valence-corrected chi connectivity index (χ1v) is 7.94.